The first-order valence-corrected chi connectivity index (χ1v) is 18.3. The molecule has 6 aromatic rings. The standard InChI is InChI=1S/C40H31F4N5O4S/c41-23-6-9-25-30(17-23)49(13-10-27-31-26-2-1-3-29(42)32(26)47-38(51)34(31)54-33(25)27)39(52)21-4-7-24(8-5-21)46-37(50)28-16-22(35(43)44)18-45-36(28)48-19-40(20-48)11-14-53-15-12-40/h1-9,16-18,35H,10-15,19-20H2,(H,46,50)(H,47,51). The molecule has 0 unspecified atom stereocenters. The van der Waals surface area contributed by atoms with Crippen molar-refractivity contribution >= 4 is 61.3 Å². The minimum atomic E-state index is -2.81. The molecule has 2 N–H and O–H groups in total. The van der Waals surface area contributed by atoms with Crippen LogP contribution in [-0.4, -0.2) is 54.6 Å². The monoisotopic (exact) mass is 753 g/mol. The molecule has 3 aromatic carbocycles. The molecule has 3 aliphatic heterocycles. The van der Waals surface area contributed by atoms with Crippen molar-refractivity contribution in [3.05, 3.63) is 117 Å². The Kier molecular flexibility index (Phi) is 8.27. The smallest absolute Gasteiger partial charge is 0.266 e. The van der Waals surface area contributed by atoms with Crippen LogP contribution in [0.2, 0.25) is 0 Å². The normalized spacial score (nSPS) is 16.3. The fourth-order valence-electron chi connectivity index (χ4n) is 7.97. The van der Waals surface area contributed by atoms with E-state index in [1.807, 2.05) is 4.90 Å². The number of benzene rings is 3. The minimum Gasteiger partial charge on any atom is -0.381 e. The molecule has 3 aliphatic rings. The highest BCUT2D eigenvalue weighted by Crippen LogP contribution is 2.47. The van der Waals surface area contributed by atoms with Gasteiger partial charge in [0.25, 0.3) is 23.8 Å². The van der Waals surface area contributed by atoms with Crippen LogP contribution in [0.25, 0.3) is 31.4 Å². The summed E-state index contributed by atoms with van der Waals surface area (Å²) in [6.07, 6.45) is 0.361. The van der Waals surface area contributed by atoms with E-state index in [-0.39, 0.29) is 34.2 Å². The summed E-state index contributed by atoms with van der Waals surface area (Å²) in [4.78, 5) is 51.9. The maximum absolute atomic E-state index is 14.8. The van der Waals surface area contributed by atoms with Gasteiger partial charge in [0.2, 0.25) is 0 Å². The third-order valence-corrected chi connectivity index (χ3v) is 12.0. The summed E-state index contributed by atoms with van der Waals surface area (Å²) in [5, 5.41) is 3.91. The summed E-state index contributed by atoms with van der Waals surface area (Å²) in [5.74, 6) is -1.82. The lowest BCUT2D eigenvalue weighted by Crippen LogP contribution is -2.59. The van der Waals surface area contributed by atoms with Gasteiger partial charge in [0.1, 0.15) is 22.2 Å². The van der Waals surface area contributed by atoms with E-state index in [1.165, 1.54) is 64.8 Å². The summed E-state index contributed by atoms with van der Waals surface area (Å²) in [6.45, 7) is 2.75. The molecule has 2 saturated heterocycles. The molecule has 9 rings (SSSR count). The van der Waals surface area contributed by atoms with Gasteiger partial charge in [0, 0.05) is 82.5 Å². The first kappa shape index (κ1) is 34.2. The van der Waals surface area contributed by atoms with Gasteiger partial charge in [-0.3, -0.25) is 14.4 Å². The van der Waals surface area contributed by atoms with Gasteiger partial charge in [0.15, 0.2) is 0 Å². The molecule has 0 atom stereocenters. The molecular formula is C40H31F4N5O4S. The van der Waals surface area contributed by atoms with Crippen LogP contribution in [0, 0.1) is 17.0 Å². The Hall–Kier alpha value is -5.60. The third kappa shape index (κ3) is 5.71. The van der Waals surface area contributed by atoms with Gasteiger partial charge in [-0.25, -0.2) is 22.5 Å². The summed E-state index contributed by atoms with van der Waals surface area (Å²) in [6, 6.07) is 16.1. The van der Waals surface area contributed by atoms with Gasteiger partial charge in [-0.2, -0.15) is 0 Å². The van der Waals surface area contributed by atoms with E-state index in [4.69, 9.17) is 4.74 Å². The molecule has 0 radical (unpaired) electrons. The number of carbonyl (C=O) groups excluding carboxylic acids is 2. The quantitative estimate of drug-likeness (QED) is 0.173. The first-order valence-electron chi connectivity index (χ1n) is 17.5. The second kappa shape index (κ2) is 13.1. The van der Waals surface area contributed by atoms with E-state index in [2.05, 4.69) is 15.3 Å². The summed E-state index contributed by atoms with van der Waals surface area (Å²) >= 11 is 1.22. The van der Waals surface area contributed by atoms with Crippen molar-refractivity contribution in [2.24, 2.45) is 5.41 Å². The molecule has 6 heterocycles. The molecular weight excluding hydrogens is 723 g/mol. The van der Waals surface area contributed by atoms with Gasteiger partial charge in [-0.15, -0.1) is 11.3 Å². The van der Waals surface area contributed by atoms with Crippen molar-refractivity contribution in [2.45, 2.75) is 25.7 Å². The van der Waals surface area contributed by atoms with E-state index in [9.17, 15) is 31.9 Å². The topological polar surface area (TPSA) is 108 Å². The van der Waals surface area contributed by atoms with Crippen LogP contribution < -0.4 is 20.7 Å². The van der Waals surface area contributed by atoms with Gasteiger partial charge in [0.05, 0.1) is 16.8 Å². The zero-order chi connectivity index (χ0) is 37.3. The fraction of sp³-hybridized carbons (Fsp3) is 0.250. The van der Waals surface area contributed by atoms with Crippen LogP contribution in [0.4, 0.5) is 34.8 Å². The number of hydrogen-bond donors (Lipinski definition) is 2. The molecule has 1 spiro atoms. The van der Waals surface area contributed by atoms with Crippen molar-refractivity contribution in [3.8, 4) is 10.4 Å². The number of nitrogens with zero attached hydrogens (tertiary/aromatic N) is 3. The van der Waals surface area contributed by atoms with Crippen molar-refractivity contribution in [1.82, 2.24) is 9.97 Å². The number of H-pyrrole nitrogens is 1. The van der Waals surface area contributed by atoms with Gasteiger partial charge in [-0.05, 0) is 79.4 Å². The molecule has 0 saturated carbocycles. The van der Waals surface area contributed by atoms with E-state index in [0.29, 0.717) is 75.8 Å². The Bertz CT molecular complexity index is 2560. The van der Waals surface area contributed by atoms with Crippen molar-refractivity contribution in [3.63, 3.8) is 0 Å². The van der Waals surface area contributed by atoms with Gasteiger partial charge in [-0.1, -0.05) is 12.1 Å². The van der Waals surface area contributed by atoms with Crippen molar-refractivity contribution < 1.29 is 31.9 Å². The second-order valence-electron chi connectivity index (χ2n) is 14.0. The van der Waals surface area contributed by atoms with Gasteiger partial charge < -0.3 is 24.8 Å². The fourth-order valence-corrected chi connectivity index (χ4v) is 9.26. The lowest BCUT2D eigenvalue weighted by Gasteiger charge is -2.53. The average molecular weight is 754 g/mol. The van der Waals surface area contributed by atoms with Gasteiger partial charge >= 0.3 is 0 Å². The lowest BCUT2D eigenvalue weighted by molar-refractivity contribution is -0.000522. The Morgan fingerprint density at radius 2 is 1.78 bits per heavy atom. The summed E-state index contributed by atoms with van der Waals surface area (Å²) in [5.41, 5.74) is 1.62. The number of anilines is 3. The first-order chi connectivity index (χ1) is 26.1. The molecule has 274 valence electrons. The van der Waals surface area contributed by atoms with E-state index in [0.717, 1.165) is 24.6 Å². The molecule has 2 amide bonds. The van der Waals surface area contributed by atoms with Crippen molar-refractivity contribution in [2.75, 3.05) is 48.0 Å². The van der Waals surface area contributed by atoms with E-state index in [1.54, 1.807) is 18.2 Å². The summed E-state index contributed by atoms with van der Waals surface area (Å²) in [7, 11) is 0. The molecule has 0 bridgehead atoms. The average Bonchev–Trinajstić information content (AvgIpc) is 3.47. The number of ether oxygens (including phenoxy) is 1. The molecule has 2 fully saturated rings. The Morgan fingerprint density at radius 1 is 1.00 bits per heavy atom. The SMILES string of the molecule is O=C(Nc1ccc(C(=O)N2CCc3c(sc4c(=O)[nH]c5c(F)cccc5c34)-c3ccc(F)cc32)cc1)c1cc(C(F)F)cnc1N1CC2(CCOCC2)C1. The Balaban J connectivity index is 0.993. The second-order valence-corrected chi connectivity index (χ2v) is 15.1. The zero-order valence-corrected chi connectivity index (χ0v) is 29.4. The minimum absolute atomic E-state index is 0.0237. The van der Waals surface area contributed by atoms with Crippen LogP contribution in [-0.2, 0) is 11.2 Å². The number of para-hydroxylation sites is 1. The van der Waals surface area contributed by atoms with Crippen LogP contribution in [0.5, 0.6) is 0 Å². The highest BCUT2D eigenvalue weighted by molar-refractivity contribution is 7.22. The zero-order valence-electron chi connectivity index (χ0n) is 28.6. The number of alkyl halides is 2. The number of aromatic amines is 1. The number of aromatic nitrogens is 2. The Morgan fingerprint density at radius 3 is 2.54 bits per heavy atom. The number of carbonyl (C=O) groups is 2. The van der Waals surface area contributed by atoms with E-state index >= 15 is 0 Å². The maximum Gasteiger partial charge on any atom is 0.266 e. The Labute approximate surface area is 309 Å². The molecule has 54 heavy (non-hydrogen) atoms. The molecule has 0 aliphatic carbocycles. The number of pyridine rings is 2. The van der Waals surface area contributed by atoms with E-state index < -0.39 is 35.4 Å². The maximum atomic E-state index is 14.8. The summed E-state index contributed by atoms with van der Waals surface area (Å²) < 4.78 is 62.9. The number of hydrogen-bond acceptors (Lipinski definition) is 7. The van der Waals surface area contributed by atoms with Crippen LogP contribution in [0.3, 0.4) is 0 Å². The molecule has 14 heteroatoms. The third-order valence-electron chi connectivity index (χ3n) is 10.7. The van der Waals surface area contributed by atoms with Crippen LogP contribution in [0.1, 0.15) is 51.1 Å². The number of amides is 2. The van der Waals surface area contributed by atoms with Crippen molar-refractivity contribution in [1.29, 1.82) is 0 Å². The number of fused-ring (bicyclic) bond motifs is 7. The number of rotatable bonds is 5. The number of halogens is 4. The highest BCUT2D eigenvalue weighted by Gasteiger charge is 2.45. The predicted octanol–water partition coefficient (Wildman–Crippen LogP) is 8.09. The molecule has 3 aromatic heterocycles. The molecule has 9 nitrogen and oxygen atoms in total. The number of thiophene rings is 1. The highest BCUT2D eigenvalue weighted by atomic mass is 32.1. The lowest BCUT2D eigenvalue weighted by atomic mass is 9.73. The predicted molar refractivity (Wildman–Crippen MR) is 199 cm³/mol. The number of nitrogens with one attached hydrogen (secondary N) is 2. The van der Waals surface area contributed by atoms with Crippen LogP contribution >= 0.6 is 11.3 Å². The largest absolute Gasteiger partial charge is 0.381 e. The van der Waals surface area contributed by atoms with Crippen LogP contribution in [0.15, 0.2) is 77.7 Å².